The van der Waals surface area contributed by atoms with Crippen LogP contribution in [0.3, 0.4) is 0 Å². The summed E-state index contributed by atoms with van der Waals surface area (Å²) < 4.78 is 0.851. The minimum absolute atomic E-state index is 0.245. The van der Waals surface area contributed by atoms with Crippen LogP contribution in [0.2, 0.25) is 0 Å². The van der Waals surface area contributed by atoms with E-state index in [2.05, 4.69) is 26.2 Å². The zero-order chi connectivity index (χ0) is 15.7. The number of aryl methyl sites for hydroxylation is 2. The molecule has 0 atom stereocenters. The van der Waals surface area contributed by atoms with Gasteiger partial charge in [-0.3, -0.25) is 4.79 Å². The molecule has 0 aliphatic rings. The van der Waals surface area contributed by atoms with Crippen LogP contribution >= 0.6 is 27.3 Å². The van der Waals surface area contributed by atoms with Gasteiger partial charge in [-0.1, -0.05) is 17.4 Å². The molecule has 0 aliphatic carbocycles. The van der Waals surface area contributed by atoms with Crippen LogP contribution in [-0.2, 0) is 0 Å². The van der Waals surface area contributed by atoms with E-state index in [1.165, 1.54) is 11.3 Å². The Morgan fingerprint density at radius 3 is 2.57 bits per heavy atom. The largest absolute Gasteiger partial charge is 0.382 e. The number of amides is 1. The van der Waals surface area contributed by atoms with Gasteiger partial charge in [0, 0.05) is 18.6 Å². The Morgan fingerprint density at radius 1 is 1.38 bits per heavy atom. The highest BCUT2D eigenvalue weighted by Crippen LogP contribution is 2.31. The summed E-state index contributed by atoms with van der Waals surface area (Å²) in [6, 6.07) is 3.98. The average Bonchev–Trinajstić information content (AvgIpc) is 2.76. The zero-order valence-corrected chi connectivity index (χ0v) is 14.7. The number of nitrogen functional groups attached to an aromatic ring is 1. The van der Waals surface area contributed by atoms with E-state index in [9.17, 15) is 4.79 Å². The maximum atomic E-state index is 12.4. The summed E-state index contributed by atoms with van der Waals surface area (Å²) in [5.74, 6) is 0.00726. The summed E-state index contributed by atoms with van der Waals surface area (Å²) in [6.45, 7) is 3.96. The Hall–Kier alpha value is -1.60. The van der Waals surface area contributed by atoms with Gasteiger partial charge in [0.05, 0.1) is 5.69 Å². The van der Waals surface area contributed by atoms with Crippen molar-refractivity contribution in [3.63, 3.8) is 0 Å². The van der Waals surface area contributed by atoms with Crippen LogP contribution in [-0.4, -0.2) is 25.0 Å². The second kappa shape index (κ2) is 6.03. The molecule has 0 unspecified atom stereocenters. The molecule has 112 valence electrons. The SMILES string of the molecule is Cc1cc(C)c(NC(=O)c2sc(N(C)C)nc2N)c(Br)c1. The predicted octanol–water partition coefficient (Wildman–Crippen LogP) is 3.42. The minimum atomic E-state index is -0.245. The van der Waals surface area contributed by atoms with E-state index < -0.39 is 0 Å². The third-order valence-electron chi connectivity index (χ3n) is 2.90. The van der Waals surface area contributed by atoms with Gasteiger partial charge in [-0.15, -0.1) is 0 Å². The molecular formula is C14H17BrN4OS. The third kappa shape index (κ3) is 3.36. The molecule has 0 saturated carbocycles. The van der Waals surface area contributed by atoms with Gasteiger partial charge in [0.1, 0.15) is 10.7 Å². The van der Waals surface area contributed by atoms with Crippen molar-refractivity contribution in [3.05, 3.63) is 32.6 Å². The lowest BCUT2D eigenvalue weighted by molar-refractivity contribution is 0.103. The van der Waals surface area contributed by atoms with Crippen LogP contribution in [0.4, 0.5) is 16.6 Å². The number of nitrogens with zero attached hydrogens (tertiary/aromatic N) is 2. The van der Waals surface area contributed by atoms with E-state index in [0.29, 0.717) is 10.0 Å². The predicted molar refractivity (Wildman–Crippen MR) is 92.4 cm³/mol. The summed E-state index contributed by atoms with van der Waals surface area (Å²) in [5, 5.41) is 3.61. The molecular weight excluding hydrogens is 352 g/mol. The Labute approximate surface area is 136 Å². The molecule has 21 heavy (non-hydrogen) atoms. The molecule has 1 heterocycles. The standard InChI is InChI=1S/C14H17BrN4OS/c1-7-5-8(2)10(9(15)6-7)17-13(20)11-12(16)18-14(21-11)19(3)4/h5-6H,16H2,1-4H3,(H,17,20). The second-order valence-corrected chi connectivity index (χ2v) is 6.83. The molecule has 3 N–H and O–H groups in total. The molecule has 0 fully saturated rings. The Morgan fingerprint density at radius 2 is 2.05 bits per heavy atom. The number of aromatic nitrogens is 1. The summed E-state index contributed by atoms with van der Waals surface area (Å²) in [4.78, 5) is 18.8. The number of nitrogens with two attached hydrogens (primary N) is 1. The van der Waals surface area contributed by atoms with E-state index in [1.807, 2.05) is 45.0 Å². The van der Waals surface area contributed by atoms with E-state index in [1.54, 1.807) is 0 Å². The van der Waals surface area contributed by atoms with E-state index >= 15 is 0 Å². The van der Waals surface area contributed by atoms with Crippen molar-refractivity contribution >= 4 is 49.8 Å². The van der Waals surface area contributed by atoms with E-state index in [0.717, 1.165) is 21.3 Å². The van der Waals surface area contributed by atoms with Gasteiger partial charge < -0.3 is 16.0 Å². The molecule has 0 saturated heterocycles. The van der Waals surface area contributed by atoms with Gasteiger partial charge in [-0.05, 0) is 47.0 Å². The lowest BCUT2D eigenvalue weighted by Gasteiger charge is -2.11. The van der Waals surface area contributed by atoms with Gasteiger partial charge in [-0.2, -0.15) is 0 Å². The number of nitrogens with one attached hydrogen (secondary N) is 1. The summed E-state index contributed by atoms with van der Waals surface area (Å²) in [6.07, 6.45) is 0. The van der Waals surface area contributed by atoms with Crippen molar-refractivity contribution in [3.8, 4) is 0 Å². The average molecular weight is 369 g/mol. The number of anilines is 3. The first kappa shape index (κ1) is 15.8. The van der Waals surface area contributed by atoms with Crippen LogP contribution in [0, 0.1) is 13.8 Å². The Bertz CT molecular complexity index is 673. The number of carbonyl (C=O) groups is 1. The van der Waals surface area contributed by atoms with Crippen molar-refractivity contribution in [1.82, 2.24) is 4.98 Å². The highest BCUT2D eigenvalue weighted by atomic mass is 79.9. The molecule has 0 bridgehead atoms. The fourth-order valence-corrected chi connectivity index (χ4v) is 3.49. The molecule has 0 spiro atoms. The smallest absolute Gasteiger partial charge is 0.269 e. The Balaban J connectivity index is 2.30. The lowest BCUT2D eigenvalue weighted by atomic mass is 10.1. The van der Waals surface area contributed by atoms with Gasteiger partial charge in [0.15, 0.2) is 5.13 Å². The van der Waals surface area contributed by atoms with E-state index in [4.69, 9.17) is 5.73 Å². The fourth-order valence-electron chi connectivity index (χ4n) is 1.92. The number of rotatable bonds is 3. The summed E-state index contributed by atoms with van der Waals surface area (Å²) in [7, 11) is 3.72. The quantitative estimate of drug-likeness (QED) is 0.870. The molecule has 1 amide bonds. The maximum Gasteiger partial charge on any atom is 0.269 e. The number of hydrogen-bond donors (Lipinski definition) is 2. The van der Waals surface area contributed by atoms with Gasteiger partial charge in [0.25, 0.3) is 5.91 Å². The first-order chi connectivity index (χ1) is 9.79. The second-order valence-electron chi connectivity index (χ2n) is 5.00. The molecule has 5 nitrogen and oxygen atoms in total. The van der Waals surface area contributed by atoms with Crippen molar-refractivity contribution < 1.29 is 4.79 Å². The molecule has 2 rings (SSSR count). The molecule has 1 aromatic carbocycles. The molecule has 0 aliphatic heterocycles. The monoisotopic (exact) mass is 368 g/mol. The molecule has 2 aromatic rings. The van der Waals surface area contributed by atoms with Crippen molar-refractivity contribution in [2.45, 2.75) is 13.8 Å². The van der Waals surface area contributed by atoms with Gasteiger partial charge in [0.2, 0.25) is 0 Å². The van der Waals surface area contributed by atoms with Gasteiger partial charge in [-0.25, -0.2) is 4.98 Å². The number of halogens is 1. The zero-order valence-electron chi connectivity index (χ0n) is 12.3. The number of benzene rings is 1. The summed E-state index contributed by atoms with van der Waals surface area (Å²) in [5.41, 5.74) is 8.71. The molecule has 0 radical (unpaired) electrons. The number of hydrogen-bond acceptors (Lipinski definition) is 5. The van der Waals surface area contributed by atoms with Crippen LogP contribution in [0.5, 0.6) is 0 Å². The van der Waals surface area contributed by atoms with Crippen LogP contribution in [0.25, 0.3) is 0 Å². The fraction of sp³-hybridized carbons (Fsp3) is 0.286. The lowest BCUT2D eigenvalue weighted by Crippen LogP contribution is -2.13. The van der Waals surface area contributed by atoms with Crippen LogP contribution in [0.1, 0.15) is 20.8 Å². The first-order valence-electron chi connectivity index (χ1n) is 6.31. The minimum Gasteiger partial charge on any atom is -0.382 e. The molecule has 7 heteroatoms. The van der Waals surface area contributed by atoms with E-state index in [-0.39, 0.29) is 11.7 Å². The van der Waals surface area contributed by atoms with Crippen molar-refractivity contribution in [2.24, 2.45) is 0 Å². The summed E-state index contributed by atoms with van der Waals surface area (Å²) >= 11 is 4.75. The van der Waals surface area contributed by atoms with Crippen LogP contribution < -0.4 is 16.0 Å². The van der Waals surface area contributed by atoms with Crippen molar-refractivity contribution in [1.29, 1.82) is 0 Å². The number of thiazole rings is 1. The highest BCUT2D eigenvalue weighted by molar-refractivity contribution is 9.10. The first-order valence-corrected chi connectivity index (χ1v) is 7.92. The molecule has 1 aromatic heterocycles. The topological polar surface area (TPSA) is 71.2 Å². The van der Waals surface area contributed by atoms with Crippen LogP contribution in [0.15, 0.2) is 16.6 Å². The maximum absolute atomic E-state index is 12.4. The number of carbonyl (C=O) groups excluding carboxylic acids is 1. The van der Waals surface area contributed by atoms with Gasteiger partial charge >= 0.3 is 0 Å². The van der Waals surface area contributed by atoms with Crippen molar-refractivity contribution in [2.75, 3.05) is 30.0 Å². The highest BCUT2D eigenvalue weighted by Gasteiger charge is 2.18. The third-order valence-corrected chi connectivity index (χ3v) is 4.76. The Kier molecular flexibility index (Phi) is 4.53. The normalized spacial score (nSPS) is 10.5.